The molecule has 1 unspecified atom stereocenters. The number of benzene rings is 1. The Morgan fingerprint density at radius 1 is 1.21 bits per heavy atom. The fourth-order valence-electron chi connectivity index (χ4n) is 3.46. The van der Waals surface area contributed by atoms with Gasteiger partial charge in [-0.1, -0.05) is 15.9 Å². The largest absolute Gasteiger partial charge is 0.496 e. The fourth-order valence-corrected chi connectivity index (χ4v) is 4.10. The third kappa shape index (κ3) is 2.79. The van der Waals surface area contributed by atoms with Gasteiger partial charge in [0.25, 0.3) is 0 Å². The van der Waals surface area contributed by atoms with Crippen molar-refractivity contribution >= 4 is 28.3 Å². The van der Waals surface area contributed by atoms with Gasteiger partial charge in [-0.2, -0.15) is 0 Å². The number of methoxy groups -OCH3 is 1. The van der Waals surface area contributed by atoms with E-state index < -0.39 is 0 Å². The van der Waals surface area contributed by atoms with E-state index in [4.69, 9.17) is 4.74 Å². The van der Waals surface area contributed by atoms with Crippen LogP contribution < -0.4 is 4.74 Å². The van der Waals surface area contributed by atoms with Crippen molar-refractivity contribution < 1.29 is 4.74 Å². The van der Waals surface area contributed by atoms with Gasteiger partial charge in [0.1, 0.15) is 5.75 Å². The predicted molar refractivity (Wildman–Crippen MR) is 84.4 cm³/mol. The summed E-state index contributed by atoms with van der Waals surface area (Å²) in [6.07, 6.45) is 6.43. The Morgan fingerprint density at radius 2 is 1.95 bits per heavy atom. The number of likely N-dealkylation sites (tertiary alicyclic amines) is 1. The Bertz CT molecular complexity index is 446. The average Bonchev–Trinajstić information content (AvgIpc) is 2.92. The van der Waals surface area contributed by atoms with Gasteiger partial charge in [0.15, 0.2) is 0 Å². The highest BCUT2D eigenvalue weighted by Crippen LogP contribution is 2.43. The van der Waals surface area contributed by atoms with E-state index in [1.807, 2.05) is 0 Å². The van der Waals surface area contributed by atoms with E-state index in [-0.39, 0.29) is 12.4 Å². The zero-order valence-electron chi connectivity index (χ0n) is 11.3. The molecule has 0 bridgehead atoms. The van der Waals surface area contributed by atoms with Gasteiger partial charge in [-0.15, -0.1) is 12.4 Å². The van der Waals surface area contributed by atoms with Gasteiger partial charge < -0.3 is 4.74 Å². The molecular weight excluding hydrogens is 326 g/mol. The topological polar surface area (TPSA) is 12.5 Å². The standard InChI is InChI=1S/C15H20BrNO.ClH/c1-18-14-8-7-12(16)15-11(14)5-4-6-13(15)17-9-2-3-10-17;/h7-8,13H,2-6,9-10H2,1H3;1H. The van der Waals surface area contributed by atoms with Crippen molar-refractivity contribution in [3.8, 4) is 5.75 Å². The Kier molecular flexibility index (Phi) is 5.15. The molecule has 1 atom stereocenters. The Labute approximate surface area is 130 Å². The quantitative estimate of drug-likeness (QED) is 0.789. The molecule has 0 N–H and O–H groups in total. The molecule has 1 aromatic carbocycles. The van der Waals surface area contributed by atoms with Crippen molar-refractivity contribution in [2.75, 3.05) is 20.2 Å². The number of halogens is 2. The van der Waals surface area contributed by atoms with Crippen LogP contribution in [-0.2, 0) is 6.42 Å². The number of rotatable bonds is 2. The van der Waals surface area contributed by atoms with Gasteiger partial charge in [0.05, 0.1) is 7.11 Å². The van der Waals surface area contributed by atoms with Crippen LogP contribution in [0.5, 0.6) is 5.75 Å². The summed E-state index contributed by atoms with van der Waals surface area (Å²) in [6, 6.07) is 4.84. The molecule has 0 aromatic heterocycles. The molecular formula is C15H21BrClNO. The first-order chi connectivity index (χ1) is 8.81. The highest BCUT2D eigenvalue weighted by Gasteiger charge is 2.30. The third-order valence-corrected chi connectivity index (χ3v) is 4.99. The first-order valence-electron chi connectivity index (χ1n) is 6.90. The third-order valence-electron chi connectivity index (χ3n) is 4.30. The summed E-state index contributed by atoms with van der Waals surface area (Å²) in [5, 5.41) is 0. The van der Waals surface area contributed by atoms with Gasteiger partial charge >= 0.3 is 0 Å². The SMILES string of the molecule is COc1ccc(Br)c2c1CCCC2N1CCCC1.Cl. The van der Waals surface area contributed by atoms with Crippen molar-refractivity contribution in [3.63, 3.8) is 0 Å². The van der Waals surface area contributed by atoms with Crippen molar-refractivity contribution in [1.29, 1.82) is 0 Å². The molecule has 1 saturated heterocycles. The molecule has 1 aliphatic heterocycles. The molecule has 1 aromatic rings. The normalized spacial score (nSPS) is 22.7. The van der Waals surface area contributed by atoms with E-state index in [9.17, 15) is 0 Å². The smallest absolute Gasteiger partial charge is 0.122 e. The summed E-state index contributed by atoms with van der Waals surface area (Å²) in [5.74, 6) is 1.07. The molecule has 2 aliphatic rings. The van der Waals surface area contributed by atoms with E-state index in [1.54, 1.807) is 7.11 Å². The van der Waals surface area contributed by atoms with Crippen LogP contribution in [0.1, 0.15) is 42.9 Å². The molecule has 1 fully saturated rings. The lowest BCUT2D eigenvalue weighted by Gasteiger charge is -2.34. The van der Waals surface area contributed by atoms with Crippen LogP contribution in [0.15, 0.2) is 16.6 Å². The molecule has 0 saturated carbocycles. The van der Waals surface area contributed by atoms with Crippen LogP contribution in [-0.4, -0.2) is 25.1 Å². The van der Waals surface area contributed by atoms with Crippen LogP contribution in [0.4, 0.5) is 0 Å². The van der Waals surface area contributed by atoms with Crippen LogP contribution in [0.2, 0.25) is 0 Å². The summed E-state index contributed by atoms with van der Waals surface area (Å²) >= 11 is 3.75. The van der Waals surface area contributed by atoms with Crippen molar-refractivity contribution in [1.82, 2.24) is 4.90 Å². The second kappa shape index (κ2) is 6.47. The molecule has 4 heteroatoms. The number of hydrogen-bond donors (Lipinski definition) is 0. The zero-order valence-corrected chi connectivity index (χ0v) is 13.7. The van der Waals surface area contributed by atoms with Gasteiger partial charge in [0, 0.05) is 16.1 Å². The minimum Gasteiger partial charge on any atom is -0.496 e. The number of fused-ring (bicyclic) bond motifs is 1. The molecule has 0 amide bonds. The van der Waals surface area contributed by atoms with Gasteiger partial charge in [-0.05, 0) is 62.9 Å². The summed E-state index contributed by atoms with van der Waals surface area (Å²) in [6.45, 7) is 2.52. The maximum Gasteiger partial charge on any atom is 0.122 e. The Morgan fingerprint density at radius 3 is 2.63 bits per heavy atom. The molecule has 19 heavy (non-hydrogen) atoms. The van der Waals surface area contributed by atoms with Crippen LogP contribution in [0.3, 0.4) is 0 Å². The van der Waals surface area contributed by atoms with Crippen molar-refractivity contribution in [3.05, 3.63) is 27.7 Å². The van der Waals surface area contributed by atoms with Gasteiger partial charge in [0.2, 0.25) is 0 Å². The maximum absolute atomic E-state index is 5.54. The second-order valence-corrected chi connectivity index (χ2v) is 6.15. The van der Waals surface area contributed by atoms with E-state index in [1.165, 1.54) is 54.4 Å². The average molecular weight is 347 g/mol. The lowest BCUT2D eigenvalue weighted by Crippen LogP contribution is -2.29. The lowest BCUT2D eigenvalue weighted by atomic mass is 9.86. The van der Waals surface area contributed by atoms with Crippen LogP contribution in [0, 0.1) is 0 Å². The Balaban J connectivity index is 0.00000133. The molecule has 3 rings (SSSR count). The van der Waals surface area contributed by atoms with E-state index >= 15 is 0 Å². The minimum atomic E-state index is 0. The van der Waals surface area contributed by atoms with Crippen molar-refractivity contribution in [2.24, 2.45) is 0 Å². The monoisotopic (exact) mass is 345 g/mol. The number of hydrogen-bond acceptors (Lipinski definition) is 2. The summed E-state index contributed by atoms with van der Waals surface area (Å²) in [5.41, 5.74) is 2.91. The zero-order chi connectivity index (χ0) is 12.5. The van der Waals surface area contributed by atoms with Crippen molar-refractivity contribution in [2.45, 2.75) is 38.1 Å². The lowest BCUT2D eigenvalue weighted by molar-refractivity contribution is 0.219. The molecule has 106 valence electrons. The summed E-state index contributed by atoms with van der Waals surface area (Å²) < 4.78 is 6.80. The molecule has 0 spiro atoms. The maximum atomic E-state index is 5.54. The van der Waals surface area contributed by atoms with Gasteiger partial charge in [-0.25, -0.2) is 0 Å². The number of nitrogens with zero attached hydrogens (tertiary/aromatic N) is 1. The highest BCUT2D eigenvalue weighted by atomic mass is 79.9. The predicted octanol–water partition coefficient (Wildman–Crippen LogP) is 4.35. The highest BCUT2D eigenvalue weighted by molar-refractivity contribution is 9.10. The van der Waals surface area contributed by atoms with Crippen LogP contribution in [0.25, 0.3) is 0 Å². The first kappa shape index (κ1) is 15.1. The van der Waals surface area contributed by atoms with E-state index in [2.05, 4.69) is 33.0 Å². The molecule has 0 radical (unpaired) electrons. The summed E-state index contributed by atoms with van der Waals surface area (Å²) in [7, 11) is 1.78. The number of ether oxygens (including phenoxy) is 1. The van der Waals surface area contributed by atoms with E-state index in [0.717, 1.165) is 12.2 Å². The first-order valence-corrected chi connectivity index (χ1v) is 7.70. The molecule has 2 nitrogen and oxygen atoms in total. The fraction of sp³-hybridized carbons (Fsp3) is 0.600. The Hall–Kier alpha value is -0.250. The summed E-state index contributed by atoms with van der Waals surface area (Å²) in [4.78, 5) is 2.65. The molecule has 1 aliphatic carbocycles. The minimum absolute atomic E-state index is 0. The van der Waals surface area contributed by atoms with Crippen LogP contribution >= 0.6 is 28.3 Å². The van der Waals surface area contributed by atoms with Gasteiger partial charge in [-0.3, -0.25) is 4.90 Å². The van der Waals surface area contributed by atoms with E-state index in [0.29, 0.717) is 6.04 Å². The second-order valence-electron chi connectivity index (χ2n) is 5.29. The molecule has 1 heterocycles.